The van der Waals surface area contributed by atoms with Crippen molar-refractivity contribution in [3.05, 3.63) is 34.9 Å². The lowest BCUT2D eigenvalue weighted by atomic mass is 10.00. The van der Waals surface area contributed by atoms with Crippen LogP contribution in [0.2, 0.25) is 0 Å². The van der Waals surface area contributed by atoms with Gasteiger partial charge in [-0.05, 0) is 50.1 Å². The number of rotatable bonds is 7. The van der Waals surface area contributed by atoms with Crippen LogP contribution in [0, 0.1) is 6.92 Å². The third-order valence-corrected chi connectivity index (χ3v) is 5.57. The lowest BCUT2D eigenvalue weighted by molar-refractivity contribution is -0.138. The van der Waals surface area contributed by atoms with E-state index in [1.165, 1.54) is 0 Å². The molecule has 11 heteroatoms. The maximum atomic E-state index is 12.9. The van der Waals surface area contributed by atoms with Gasteiger partial charge in [-0.2, -0.15) is 13.2 Å². The zero-order valence-electron chi connectivity index (χ0n) is 17.5. The number of phenols is 1. The van der Waals surface area contributed by atoms with Crippen molar-refractivity contribution in [3.8, 4) is 17.0 Å². The summed E-state index contributed by atoms with van der Waals surface area (Å²) in [7, 11) is 0. The Labute approximate surface area is 182 Å². The van der Waals surface area contributed by atoms with Gasteiger partial charge in [0.25, 0.3) is 0 Å². The van der Waals surface area contributed by atoms with Gasteiger partial charge in [0.15, 0.2) is 5.82 Å². The van der Waals surface area contributed by atoms with E-state index in [2.05, 4.69) is 15.5 Å². The number of nitrogens with zero attached hydrogens (tertiary/aromatic N) is 3. The molecule has 1 fully saturated rings. The fourth-order valence-corrected chi connectivity index (χ4v) is 3.85. The molecule has 0 bridgehead atoms. The first-order chi connectivity index (χ1) is 15.1. The molecule has 1 aliphatic rings. The largest absolute Gasteiger partial charge is 0.507 e. The van der Waals surface area contributed by atoms with Crippen molar-refractivity contribution in [2.24, 2.45) is 0 Å². The van der Waals surface area contributed by atoms with Gasteiger partial charge in [-0.15, -0.1) is 10.2 Å². The number of carboxylic acid groups (broad SMARTS) is 1. The van der Waals surface area contributed by atoms with Gasteiger partial charge in [0.2, 0.25) is 0 Å². The molecule has 1 aliphatic heterocycles. The number of aromatic hydroxyl groups is 1. The van der Waals surface area contributed by atoms with Crippen LogP contribution in [0.4, 0.5) is 19.0 Å². The van der Waals surface area contributed by atoms with Crippen molar-refractivity contribution in [1.29, 1.82) is 0 Å². The summed E-state index contributed by atoms with van der Waals surface area (Å²) in [6, 6.07) is 2.59. The molecule has 1 atom stereocenters. The summed E-state index contributed by atoms with van der Waals surface area (Å²) in [4.78, 5) is 12.9. The minimum atomic E-state index is -4.58. The van der Waals surface area contributed by atoms with E-state index in [0.29, 0.717) is 36.1 Å². The SMILES string of the molecule is Cc1c(-c2ccc(C(F)(F)F)cc2O)nnc(N[C@@H]2CCCN(CCC(=O)O)C2)c1CO. The van der Waals surface area contributed by atoms with Gasteiger partial charge in [0.05, 0.1) is 18.6 Å². The predicted molar refractivity (Wildman–Crippen MR) is 110 cm³/mol. The minimum Gasteiger partial charge on any atom is -0.507 e. The fraction of sp³-hybridized carbons (Fsp3) is 0.476. The Morgan fingerprint density at radius 2 is 2.06 bits per heavy atom. The van der Waals surface area contributed by atoms with E-state index in [0.717, 1.165) is 31.5 Å². The number of nitrogens with one attached hydrogen (secondary N) is 1. The summed E-state index contributed by atoms with van der Waals surface area (Å²) in [5.74, 6) is -1.08. The second-order valence-corrected chi connectivity index (χ2v) is 7.82. The van der Waals surface area contributed by atoms with E-state index in [1.54, 1.807) is 6.92 Å². The number of hydrogen-bond donors (Lipinski definition) is 4. The summed E-state index contributed by atoms with van der Waals surface area (Å²) >= 11 is 0. The third kappa shape index (κ3) is 5.46. The first kappa shape index (κ1) is 23.7. The number of hydrogen-bond acceptors (Lipinski definition) is 7. The molecule has 32 heavy (non-hydrogen) atoms. The van der Waals surface area contributed by atoms with E-state index in [-0.39, 0.29) is 30.3 Å². The highest BCUT2D eigenvalue weighted by molar-refractivity contribution is 5.72. The number of phenolic OH excluding ortho intramolecular Hbond substituents is 1. The molecule has 2 heterocycles. The number of carbonyl (C=O) groups is 1. The smallest absolute Gasteiger partial charge is 0.416 e. The Balaban J connectivity index is 1.82. The van der Waals surface area contributed by atoms with E-state index in [4.69, 9.17) is 5.11 Å². The molecule has 3 rings (SSSR count). The molecule has 0 amide bonds. The van der Waals surface area contributed by atoms with E-state index >= 15 is 0 Å². The molecule has 2 aromatic rings. The monoisotopic (exact) mass is 454 g/mol. The van der Waals surface area contributed by atoms with Gasteiger partial charge in [-0.25, -0.2) is 0 Å². The Kier molecular flexibility index (Phi) is 7.19. The summed E-state index contributed by atoms with van der Waals surface area (Å²) in [5.41, 5.74) is 0.199. The number of aliphatic hydroxyl groups is 1. The normalized spacial score (nSPS) is 17.3. The van der Waals surface area contributed by atoms with Crippen LogP contribution >= 0.6 is 0 Å². The van der Waals surface area contributed by atoms with Crippen molar-refractivity contribution in [1.82, 2.24) is 15.1 Å². The Morgan fingerprint density at radius 3 is 2.69 bits per heavy atom. The van der Waals surface area contributed by atoms with Crippen molar-refractivity contribution in [3.63, 3.8) is 0 Å². The van der Waals surface area contributed by atoms with Crippen LogP contribution in [0.15, 0.2) is 18.2 Å². The first-order valence-corrected chi connectivity index (χ1v) is 10.2. The quantitative estimate of drug-likeness (QED) is 0.504. The van der Waals surface area contributed by atoms with Gasteiger partial charge in [-0.1, -0.05) is 0 Å². The number of aliphatic hydroxyl groups excluding tert-OH is 1. The summed E-state index contributed by atoms with van der Waals surface area (Å²) in [5, 5.41) is 40.4. The van der Waals surface area contributed by atoms with Gasteiger partial charge in [-0.3, -0.25) is 4.79 Å². The molecule has 174 valence electrons. The molecule has 0 unspecified atom stereocenters. The molecular weight excluding hydrogens is 429 g/mol. The number of aliphatic carboxylic acids is 1. The molecule has 4 N–H and O–H groups in total. The van der Waals surface area contributed by atoms with Gasteiger partial charge >= 0.3 is 12.1 Å². The first-order valence-electron chi connectivity index (χ1n) is 10.2. The Hall–Kier alpha value is -2.92. The number of piperidine rings is 1. The van der Waals surface area contributed by atoms with E-state index < -0.39 is 23.5 Å². The summed E-state index contributed by atoms with van der Waals surface area (Å²) in [6.45, 7) is 3.12. The predicted octanol–water partition coefficient (Wildman–Crippen LogP) is 3.02. The average Bonchev–Trinajstić information content (AvgIpc) is 2.73. The van der Waals surface area contributed by atoms with Crippen molar-refractivity contribution in [2.75, 3.05) is 25.0 Å². The second-order valence-electron chi connectivity index (χ2n) is 7.82. The molecular formula is C21H25F3N4O4. The number of anilines is 1. The van der Waals surface area contributed by atoms with Crippen LogP contribution in [0.25, 0.3) is 11.3 Å². The topological polar surface area (TPSA) is 119 Å². The number of carboxylic acids is 1. The highest BCUT2D eigenvalue weighted by atomic mass is 19.4. The minimum absolute atomic E-state index is 0.0260. The number of halogens is 3. The molecule has 0 saturated carbocycles. The average molecular weight is 454 g/mol. The maximum Gasteiger partial charge on any atom is 0.416 e. The zero-order chi connectivity index (χ0) is 23.5. The number of benzene rings is 1. The van der Waals surface area contributed by atoms with Crippen molar-refractivity contribution in [2.45, 2.75) is 45.0 Å². The van der Waals surface area contributed by atoms with Crippen LogP contribution in [0.5, 0.6) is 5.75 Å². The maximum absolute atomic E-state index is 12.9. The number of alkyl halides is 3. The lowest BCUT2D eigenvalue weighted by Crippen LogP contribution is -2.43. The summed E-state index contributed by atoms with van der Waals surface area (Å²) < 4.78 is 38.6. The lowest BCUT2D eigenvalue weighted by Gasteiger charge is -2.33. The molecule has 0 radical (unpaired) electrons. The summed E-state index contributed by atoms with van der Waals surface area (Å²) in [6.07, 6.45) is -2.83. The van der Waals surface area contributed by atoms with Crippen LogP contribution in [-0.2, 0) is 17.6 Å². The molecule has 1 saturated heterocycles. The molecule has 0 spiro atoms. The second kappa shape index (κ2) is 9.70. The van der Waals surface area contributed by atoms with Crippen LogP contribution < -0.4 is 5.32 Å². The van der Waals surface area contributed by atoms with Crippen molar-refractivity contribution >= 4 is 11.8 Å². The van der Waals surface area contributed by atoms with Gasteiger partial charge in [0, 0.05) is 30.3 Å². The van der Waals surface area contributed by atoms with Crippen LogP contribution in [0.1, 0.15) is 36.0 Å². The van der Waals surface area contributed by atoms with Gasteiger partial charge < -0.3 is 25.5 Å². The van der Waals surface area contributed by atoms with Crippen LogP contribution in [0.3, 0.4) is 0 Å². The highest BCUT2D eigenvalue weighted by Crippen LogP contribution is 2.37. The highest BCUT2D eigenvalue weighted by Gasteiger charge is 2.31. The standard InChI is InChI=1S/C21H25F3N4O4/c1-12-16(11-29)20(25-14-3-2-7-28(10-14)8-6-18(31)32)27-26-19(12)15-5-4-13(9-17(15)30)21(22,23)24/h4-5,9,14,29-30H,2-3,6-8,10-11H2,1H3,(H,25,27)(H,31,32)/t14-/m1/s1. The third-order valence-electron chi connectivity index (χ3n) is 5.57. The number of likely N-dealkylation sites (tertiary alicyclic amines) is 1. The van der Waals surface area contributed by atoms with Gasteiger partial charge in [0.1, 0.15) is 11.4 Å². The molecule has 1 aromatic heterocycles. The number of aromatic nitrogens is 2. The van der Waals surface area contributed by atoms with Crippen LogP contribution in [-0.4, -0.2) is 62.1 Å². The zero-order valence-corrected chi connectivity index (χ0v) is 17.5. The van der Waals surface area contributed by atoms with E-state index in [9.17, 15) is 28.2 Å². The Bertz CT molecular complexity index is 984. The molecule has 8 nitrogen and oxygen atoms in total. The van der Waals surface area contributed by atoms with Crippen molar-refractivity contribution < 1.29 is 33.3 Å². The molecule has 1 aromatic carbocycles. The molecule has 0 aliphatic carbocycles. The van der Waals surface area contributed by atoms with E-state index in [1.807, 2.05) is 4.90 Å². The Morgan fingerprint density at radius 1 is 1.31 bits per heavy atom. The fourth-order valence-electron chi connectivity index (χ4n) is 3.85.